The van der Waals surface area contributed by atoms with Gasteiger partial charge in [-0.05, 0) is 30.7 Å². The number of hydrogen-bond donors (Lipinski definition) is 3. The fourth-order valence-corrected chi connectivity index (χ4v) is 2.40. The zero-order valence-corrected chi connectivity index (χ0v) is 10.2. The molecule has 94 valence electrons. The number of anilines is 1. The Morgan fingerprint density at radius 3 is 2.47 bits per heavy atom. The van der Waals surface area contributed by atoms with Crippen LogP contribution in [0, 0.1) is 0 Å². The van der Waals surface area contributed by atoms with E-state index in [2.05, 4.69) is 9.88 Å². The van der Waals surface area contributed by atoms with Crippen LogP contribution in [0.25, 0.3) is 0 Å². The quantitative estimate of drug-likeness (QED) is 0.316. The van der Waals surface area contributed by atoms with E-state index < -0.39 is 10.0 Å². The molecule has 1 rings (SSSR count). The predicted octanol–water partition coefficient (Wildman–Crippen LogP) is 0.933. The van der Waals surface area contributed by atoms with Crippen molar-refractivity contribution in [3.05, 3.63) is 29.8 Å². The summed E-state index contributed by atoms with van der Waals surface area (Å²) in [6.07, 6.45) is 0.553. The highest BCUT2D eigenvalue weighted by molar-refractivity contribution is 7.92. The first-order valence-corrected chi connectivity index (χ1v) is 6.72. The molecule has 17 heavy (non-hydrogen) atoms. The molecule has 0 saturated heterocycles. The van der Waals surface area contributed by atoms with Gasteiger partial charge in [-0.2, -0.15) is 0 Å². The van der Waals surface area contributed by atoms with E-state index >= 15 is 0 Å². The molecule has 0 spiro atoms. The van der Waals surface area contributed by atoms with Crippen LogP contribution in [0.2, 0.25) is 0 Å². The van der Waals surface area contributed by atoms with Crippen LogP contribution in [0.1, 0.15) is 18.9 Å². The van der Waals surface area contributed by atoms with Crippen molar-refractivity contribution in [1.29, 1.82) is 0 Å². The fraction of sp³-hybridized carbons (Fsp3) is 0.300. The topological polar surface area (TPSA) is 105 Å². The Kier molecular flexibility index (Phi) is 4.33. The number of rotatable bonds is 5. The first kappa shape index (κ1) is 13.3. The average molecular weight is 257 g/mol. The highest BCUT2D eigenvalue weighted by atomic mass is 32.2. The Bertz CT molecular complexity index is 494. The lowest BCUT2D eigenvalue weighted by Crippen LogP contribution is -2.16. The zero-order chi connectivity index (χ0) is 12.9. The standard InChI is InChI=1S/C10H15N3O3S/c1-2-7-17(15,16)13-9-5-3-8(4-6-9)10(11)12-14/h3-6,13-14H,2,7H2,1H3,(H2,11,12). The summed E-state index contributed by atoms with van der Waals surface area (Å²) in [6, 6.07) is 6.25. The molecule has 1 aromatic rings. The van der Waals surface area contributed by atoms with Crippen molar-refractivity contribution >= 4 is 21.5 Å². The number of nitrogens with zero attached hydrogens (tertiary/aromatic N) is 1. The van der Waals surface area contributed by atoms with Gasteiger partial charge < -0.3 is 10.9 Å². The van der Waals surface area contributed by atoms with E-state index in [9.17, 15) is 8.42 Å². The smallest absolute Gasteiger partial charge is 0.232 e. The molecule has 0 aliphatic carbocycles. The average Bonchev–Trinajstić information content (AvgIpc) is 2.28. The minimum atomic E-state index is -3.28. The molecule has 0 fully saturated rings. The first-order chi connectivity index (χ1) is 7.98. The number of hydrogen-bond acceptors (Lipinski definition) is 4. The number of nitrogens with two attached hydrogens (primary N) is 1. The lowest BCUT2D eigenvalue weighted by molar-refractivity contribution is 0.318. The molecular weight excluding hydrogens is 242 g/mol. The lowest BCUT2D eigenvalue weighted by atomic mass is 10.2. The molecule has 1 aromatic carbocycles. The minimum Gasteiger partial charge on any atom is -0.409 e. The number of oxime groups is 1. The van der Waals surface area contributed by atoms with Crippen LogP contribution in [-0.2, 0) is 10.0 Å². The van der Waals surface area contributed by atoms with Crippen molar-refractivity contribution in [2.45, 2.75) is 13.3 Å². The van der Waals surface area contributed by atoms with Gasteiger partial charge in [-0.1, -0.05) is 12.1 Å². The maximum atomic E-state index is 11.5. The van der Waals surface area contributed by atoms with Crippen LogP contribution in [0.5, 0.6) is 0 Å². The molecule has 0 amide bonds. The van der Waals surface area contributed by atoms with Crippen LogP contribution in [-0.4, -0.2) is 25.2 Å². The predicted molar refractivity (Wildman–Crippen MR) is 66.7 cm³/mol. The van der Waals surface area contributed by atoms with Gasteiger partial charge >= 0.3 is 0 Å². The summed E-state index contributed by atoms with van der Waals surface area (Å²) < 4.78 is 25.4. The molecular formula is C10H15N3O3S. The number of amidine groups is 1. The second-order valence-electron chi connectivity index (χ2n) is 3.48. The molecule has 0 saturated carbocycles. The van der Waals surface area contributed by atoms with Crippen molar-refractivity contribution in [3.63, 3.8) is 0 Å². The van der Waals surface area contributed by atoms with Crippen LogP contribution in [0.15, 0.2) is 29.4 Å². The van der Waals surface area contributed by atoms with Gasteiger partial charge in [-0.3, -0.25) is 4.72 Å². The van der Waals surface area contributed by atoms with E-state index in [0.717, 1.165) is 0 Å². The third-order valence-corrected chi connectivity index (χ3v) is 3.53. The Hall–Kier alpha value is -1.76. The Balaban J connectivity index is 2.82. The molecule has 6 nitrogen and oxygen atoms in total. The highest BCUT2D eigenvalue weighted by Gasteiger charge is 2.08. The van der Waals surface area contributed by atoms with Gasteiger partial charge in [0.15, 0.2) is 5.84 Å². The van der Waals surface area contributed by atoms with E-state index in [-0.39, 0.29) is 11.6 Å². The lowest BCUT2D eigenvalue weighted by Gasteiger charge is -2.07. The third kappa shape index (κ3) is 3.95. The number of nitrogens with one attached hydrogen (secondary N) is 1. The van der Waals surface area contributed by atoms with E-state index in [1.807, 2.05) is 0 Å². The summed E-state index contributed by atoms with van der Waals surface area (Å²) in [5.74, 6) is 0.0580. The normalized spacial score (nSPS) is 12.4. The maximum absolute atomic E-state index is 11.5. The molecule has 7 heteroatoms. The van der Waals surface area contributed by atoms with Gasteiger partial charge in [0.1, 0.15) is 0 Å². The Morgan fingerprint density at radius 1 is 1.41 bits per heavy atom. The largest absolute Gasteiger partial charge is 0.409 e. The Morgan fingerprint density at radius 2 is 2.00 bits per heavy atom. The molecule has 0 unspecified atom stereocenters. The summed E-state index contributed by atoms with van der Waals surface area (Å²) in [5.41, 5.74) is 6.35. The first-order valence-electron chi connectivity index (χ1n) is 5.07. The summed E-state index contributed by atoms with van der Waals surface area (Å²) in [6.45, 7) is 1.79. The van der Waals surface area contributed by atoms with Crippen LogP contribution in [0.4, 0.5) is 5.69 Å². The molecule has 0 aliphatic heterocycles. The summed E-state index contributed by atoms with van der Waals surface area (Å²) >= 11 is 0. The van der Waals surface area contributed by atoms with Crippen LogP contribution >= 0.6 is 0 Å². The van der Waals surface area contributed by atoms with Gasteiger partial charge in [-0.15, -0.1) is 0 Å². The zero-order valence-electron chi connectivity index (χ0n) is 9.42. The highest BCUT2D eigenvalue weighted by Crippen LogP contribution is 2.11. The van der Waals surface area contributed by atoms with E-state index in [4.69, 9.17) is 10.9 Å². The fourth-order valence-electron chi connectivity index (χ4n) is 1.27. The third-order valence-electron chi connectivity index (χ3n) is 2.03. The SMILES string of the molecule is CCCS(=O)(=O)Nc1ccc(/C(N)=N/O)cc1. The molecule has 0 heterocycles. The second-order valence-corrected chi connectivity index (χ2v) is 5.33. The number of benzene rings is 1. The molecule has 0 radical (unpaired) electrons. The van der Waals surface area contributed by atoms with Crippen molar-refractivity contribution in [2.75, 3.05) is 10.5 Å². The van der Waals surface area contributed by atoms with E-state index in [0.29, 0.717) is 17.7 Å². The van der Waals surface area contributed by atoms with Crippen molar-refractivity contribution in [3.8, 4) is 0 Å². The summed E-state index contributed by atoms with van der Waals surface area (Å²) in [7, 11) is -3.28. The Labute approximate surface area is 100 Å². The van der Waals surface area contributed by atoms with Crippen LogP contribution in [0.3, 0.4) is 0 Å². The maximum Gasteiger partial charge on any atom is 0.232 e. The van der Waals surface area contributed by atoms with Gasteiger partial charge in [-0.25, -0.2) is 8.42 Å². The molecule has 0 bridgehead atoms. The van der Waals surface area contributed by atoms with Crippen molar-refractivity contribution < 1.29 is 13.6 Å². The monoisotopic (exact) mass is 257 g/mol. The van der Waals surface area contributed by atoms with Crippen LogP contribution < -0.4 is 10.5 Å². The van der Waals surface area contributed by atoms with Gasteiger partial charge in [0.25, 0.3) is 0 Å². The molecule has 0 atom stereocenters. The molecule has 0 aromatic heterocycles. The summed E-state index contributed by atoms with van der Waals surface area (Å²) in [4.78, 5) is 0. The number of sulfonamides is 1. The van der Waals surface area contributed by atoms with Gasteiger partial charge in [0, 0.05) is 11.3 Å². The second kappa shape index (κ2) is 5.53. The van der Waals surface area contributed by atoms with E-state index in [1.54, 1.807) is 31.2 Å². The molecule has 4 N–H and O–H groups in total. The van der Waals surface area contributed by atoms with Crippen molar-refractivity contribution in [2.24, 2.45) is 10.9 Å². The minimum absolute atomic E-state index is 0.0204. The van der Waals surface area contributed by atoms with Gasteiger partial charge in [0.2, 0.25) is 10.0 Å². The van der Waals surface area contributed by atoms with Crippen molar-refractivity contribution in [1.82, 2.24) is 0 Å². The van der Waals surface area contributed by atoms with Gasteiger partial charge in [0.05, 0.1) is 5.75 Å². The molecule has 0 aliphatic rings. The van der Waals surface area contributed by atoms with E-state index in [1.165, 1.54) is 0 Å². The summed E-state index contributed by atoms with van der Waals surface area (Å²) in [5, 5.41) is 11.3.